The molecule has 0 amide bonds. The molecule has 0 spiro atoms. The topological polar surface area (TPSA) is 50.9 Å². The zero-order chi connectivity index (χ0) is 14.7. The molecule has 0 unspecified atom stereocenters. The van der Waals surface area contributed by atoms with Gasteiger partial charge in [-0.2, -0.15) is 0 Å². The van der Waals surface area contributed by atoms with Crippen LogP contribution in [0.2, 0.25) is 0 Å². The second kappa shape index (κ2) is 5.83. The SMILES string of the molecule is Cc1cccc(CCNc2ccc3ncccc3c2N)c1. The molecule has 3 rings (SSSR count). The van der Waals surface area contributed by atoms with Gasteiger partial charge in [0.2, 0.25) is 0 Å². The highest BCUT2D eigenvalue weighted by molar-refractivity contribution is 5.96. The first-order valence-electron chi connectivity index (χ1n) is 7.16. The van der Waals surface area contributed by atoms with Crippen molar-refractivity contribution in [3.8, 4) is 0 Å². The number of benzene rings is 2. The summed E-state index contributed by atoms with van der Waals surface area (Å²) in [4.78, 5) is 4.31. The lowest BCUT2D eigenvalue weighted by molar-refractivity contribution is 1.02. The van der Waals surface area contributed by atoms with Crippen LogP contribution in [0.25, 0.3) is 10.9 Å². The Morgan fingerprint density at radius 1 is 1.10 bits per heavy atom. The summed E-state index contributed by atoms with van der Waals surface area (Å²) in [6, 6.07) is 16.5. The quantitative estimate of drug-likeness (QED) is 0.713. The largest absolute Gasteiger partial charge is 0.397 e. The number of hydrogen-bond donors (Lipinski definition) is 2. The molecule has 0 fully saturated rings. The molecule has 0 aliphatic heterocycles. The molecule has 1 heterocycles. The van der Waals surface area contributed by atoms with Gasteiger partial charge < -0.3 is 11.1 Å². The van der Waals surface area contributed by atoms with Crippen molar-refractivity contribution in [1.29, 1.82) is 0 Å². The predicted octanol–water partition coefficient (Wildman–Crippen LogP) is 3.78. The summed E-state index contributed by atoms with van der Waals surface area (Å²) in [6.45, 7) is 2.98. The monoisotopic (exact) mass is 277 g/mol. The van der Waals surface area contributed by atoms with Crippen molar-refractivity contribution >= 4 is 22.3 Å². The average Bonchev–Trinajstić information content (AvgIpc) is 2.50. The minimum atomic E-state index is 0.768. The molecule has 3 heteroatoms. The van der Waals surface area contributed by atoms with Gasteiger partial charge in [-0.05, 0) is 43.2 Å². The number of nitrogen functional groups attached to an aromatic ring is 1. The summed E-state index contributed by atoms with van der Waals surface area (Å²) < 4.78 is 0. The first kappa shape index (κ1) is 13.4. The van der Waals surface area contributed by atoms with E-state index in [1.54, 1.807) is 6.20 Å². The van der Waals surface area contributed by atoms with Crippen molar-refractivity contribution in [2.24, 2.45) is 0 Å². The molecule has 21 heavy (non-hydrogen) atoms. The summed E-state index contributed by atoms with van der Waals surface area (Å²) in [7, 11) is 0. The highest BCUT2D eigenvalue weighted by Crippen LogP contribution is 2.27. The number of rotatable bonds is 4. The third-order valence-electron chi connectivity index (χ3n) is 3.64. The molecule has 3 N–H and O–H groups in total. The summed E-state index contributed by atoms with van der Waals surface area (Å²) in [5.41, 5.74) is 11.5. The van der Waals surface area contributed by atoms with Gasteiger partial charge in [0, 0.05) is 18.1 Å². The molecule has 0 saturated heterocycles. The van der Waals surface area contributed by atoms with Crippen LogP contribution < -0.4 is 11.1 Å². The molecule has 106 valence electrons. The van der Waals surface area contributed by atoms with Crippen molar-refractivity contribution in [1.82, 2.24) is 4.98 Å². The van der Waals surface area contributed by atoms with Crippen LogP contribution in [0.5, 0.6) is 0 Å². The van der Waals surface area contributed by atoms with Crippen molar-refractivity contribution in [2.75, 3.05) is 17.6 Å². The highest BCUT2D eigenvalue weighted by Gasteiger charge is 2.04. The fraction of sp³-hybridized carbons (Fsp3) is 0.167. The van der Waals surface area contributed by atoms with E-state index in [-0.39, 0.29) is 0 Å². The van der Waals surface area contributed by atoms with Gasteiger partial charge in [0.1, 0.15) is 0 Å². The number of pyridine rings is 1. The number of aryl methyl sites for hydroxylation is 1. The molecule has 2 aromatic carbocycles. The Balaban J connectivity index is 1.72. The first-order valence-corrected chi connectivity index (χ1v) is 7.16. The number of fused-ring (bicyclic) bond motifs is 1. The fourth-order valence-electron chi connectivity index (χ4n) is 2.54. The predicted molar refractivity (Wildman–Crippen MR) is 89.5 cm³/mol. The van der Waals surface area contributed by atoms with E-state index < -0.39 is 0 Å². The van der Waals surface area contributed by atoms with Crippen LogP contribution in [0.4, 0.5) is 11.4 Å². The first-order chi connectivity index (χ1) is 10.2. The van der Waals surface area contributed by atoms with Crippen molar-refractivity contribution in [2.45, 2.75) is 13.3 Å². The molecule has 0 atom stereocenters. The highest BCUT2D eigenvalue weighted by atomic mass is 14.9. The minimum Gasteiger partial charge on any atom is -0.397 e. The van der Waals surface area contributed by atoms with Crippen LogP contribution in [-0.2, 0) is 6.42 Å². The van der Waals surface area contributed by atoms with E-state index in [4.69, 9.17) is 5.73 Å². The lowest BCUT2D eigenvalue weighted by Gasteiger charge is -2.11. The Morgan fingerprint density at radius 2 is 2.00 bits per heavy atom. The van der Waals surface area contributed by atoms with Gasteiger partial charge in [-0.1, -0.05) is 29.8 Å². The minimum absolute atomic E-state index is 0.768. The van der Waals surface area contributed by atoms with Crippen molar-refractivity contribution in [3.63, 3.8) is 0 Å². The van der Waals surface area contributed by atoms with Crippen LogP contribution in [0.15, 0.2) is 54.7 Å². The van der Waals surface area contributed by atoms with E-state index in [1.165, 1.54) is 11.1 Å². The number of nitrogens with one attached hydrogen (secondary N) is 1. The van der Waals surface area contributed by atoms with Gasteiger partial charge in [0.05, 0.1) is 16.9 Å². The summed E-state index contributed by atoms with van der Waals surface area (Å²) in [5, 5.41) is 4.42. The van der Waals surface area contributed by atoms with Crippen molar-refractivity contribution < 1.29 is 0 Å². The molecule has 0 radical (unpaired) electrons. The summed E-state index contributed by atoms with van der Waals surface area (Å²) in [5.74, 6) is 0. The Kier molecular flexibility index (Phi) is 3.73. The van der Waals surface area contributed by atoms with Crippen LogP contribution in [0.3, 0.4) is 0 Å². The summed E-state index contributed by atoms with van der Waals surface area (Å²) >= 11 is 0. The molecular formula is C18H19N3. The van der Waals surface area contributed by atoms with Gasteiger partial charge in [0.15, 0.2) is 0 Å². The van der Waals surface area contributed by atoms with Crippen LogP contribution in [0, 0.1) is 6.92 Å². The standard InChI is InChI=1S/C18H19N3/c1-13-4-2-5-14(12-13)9-11-21-17-8-7-16-15(18(17)19)6-3-10-20-16/h2-8,10,12,21H,9,11,19H2,1H3. The van der Waals surface area contributed by atoms with E-state index in [0.717, 1.165) is 35.2 Å². The normalized spacial score (nSPS) is 10.7. The molecule has 3 aromatic rings. The van der Waals surface area contributed by atoms with Gasteiger partial charge in [-0.3, -0.25) is 4.98 Å². The number of aromatic nitrogens is 1. The van der Waals surface area contributed by atoms with Crippen LogP contribution in [0.1, 0.15) is 11.1 Å². The van der Waals surface area contributed by atoms with Gasteiger partial charge in [0.25, 0.3) is 0 Å². The lowest BCUT2D eigenvalue weighted by atomic mass is 10.1. The number of hydrogen-bond acceptors (Lipinski definition) is 3. The Hall–Kier alpha value is -2.55. The zero-order valence-corrected chi connectivity index (χ0v) is 12.1. The third kappa shape index (κ3) is 2.97. The Labute approximate surface area is 124 Å². The fourth-order valence-corrected chi connectivity index (χ4v) is 2.54. The maximum Gasteiger partial charge on any atom is 0.0724 e. The Bertz CT molecular complexity index is 765. The second-order valence-corrected chi connectivity index (χ2v) is 5.26. The van der Waals surface area contributed by atoms with Gasteiger partial charge in [-0.25, -0.2) is 0 Å². The van der Waals surface area contributed by atoms with E-state index in [0.29, 0.717) is 0 Å². The van der Waals surface area contributed by atoms with Crippen LogP contribution in [-0.4, -0.2) is 11.5 Å². The molecule has 0 saturated carbocycles. The third-order valence-corrected chi connectivity index (χ3v) is 3.64. The smallest absolute Gasteiger partial charge is 0.0724 e. The summed E-state index contributed by atoms with van der Waals surface area (Å²) in [6.07, 6.45) is 2.76. The van der Waals surface area contributed by atoms with E-state index >= 15 is 0 Å². The number of anilines is 2. The van der Waals surface area contributed by atoms with Crippen molar-refractivity contribution in [3.05, 3.63) is 65.9 Å². The lowest BCUT2D eigenvalue weighted by Crippen LogP contribution is -2.07. The maximum absolute atomic E-state index is 6.22. The molecule has 1 aromatic heterocycles. The number of nitrogens with two attached hydrogens (primary N) is 1. The molecule has 0 aliphatic carbocycles. The maximum atomic E-state index is 6.22. The molecule has 0 bridgehead atoms. The van der Waals surface area contributed by atoms with E-state index in [9.17, 15) is 0 Å². The molecule has 3 nitrogen and oxygen atoms in total. The number of nitrogens with zero attached hydrogens (tertiary/aromatic N) is 1. The molecule has 0 aliphatic rings. The van der Waals surface area contributed by atoms with Crippen LogP contribution >= 0.6 is 0 Å². The Morgan fingerprint density at radius 3 is 2.86 bits per heavy atom. The van der Waals surface area contributed by atoms with E-state index in [2.05, 4.69) is 41.5 Å². The second-order valence-electron chi connectivity index (χ2n) is 5.26. The van der Waals surface area contributed by atoms with Gasteiger partial charge in [-0.15, -0.1) is 0 Å². The zero-order valence-electron chi connectivity index (χ0n) is 12.1. The van der Waals surface area contributed by atoms with Gasteiger partial charge >= 0.3 is 0 Å². The van der Waals surface area contributed by atoms with E-state index in [1.807, 2.05) is 24.3 Å². The average molecular weight is 277 g/mol. The molecular weight excluding hydrogens is 258 g/mol.